The highest BCUT2D eigenvalue weighted by molar-refractivity contribution is 7.91. The first-order valence-corrected chi connectivity index (χ1v) is 17.5. The summed E-state index contributed by atoms with van der Waals surface area (Å²) in [6.45, 7) is 1.47. The van der Waals surface area contributed by atoms with Crippen molar-refractivity contribution in [3.63, 3.8) is 0 Å². The average Bonchev–Trinajstić information content (AvgIpc) is 3.53. The number of ether oxygens (including phenoxy) is 3. The standard InChI is InChI=1S/C32H29FN2O10S2/c1-21-27(18-22-8-11-24(12-9-22)46(2,38)39)26-13-10-23(33)19-29(26)28(21)20-30(36)43-16-14-42-15-17-44-31-32(35(37)45-34-31)47(40,41)25-6-4-3-5-7-25/h3-13,18-19H,14-17,20H2,1-2H3/b27-18-. The minimum Gasteiger partial charge on any atom is -0.463 e. The molecule has 246 valence electrons. The molecule has 0 amide bonds. The molecule has 0 atom stereocenters. The lowest BCUT2D eigenvalue weighted by Gasteiger charge is -2.08. The summed E-state index contributed by atoms with van der Waals surface area (Å²) in [6.07, 6.45) is 2.85. The minimum atomic E-state index is -4.26. The molecule has 1 aliphatic rings. The van der Waals surface area contributed by atoms with E-state index in [-0.39, 0.29) is 47.5 Å². The molecule has 0 N–H and O–H groups in total. The van der Waals surface area contributed by atoms with Crippen LogP contribution in [0.4, 0.5) is 4.39 Å². The Morgan fingerprint density at radius 3 is 2.34 bits per heavy atom. The molecule has 1 aromatic heterocycles. The number of aromatic nitrogens is 2. The molecule has 0 radical (unpaired) electrons. The van der Waals surface area contributed by atoms with Gasteiger partial charge in [0.25, 0.3) is 9.84 Å². The molecule has 15 heteroatoms. The smallest absolute Gasteiger partial charge is 0.415 e. The Labute approximate surface area is 270 Å². The first-order valence-electron chi connectivity index (χ1n) is 14.1. The SMILES string of the molecule is CC1=C(CC(=O)OCCOCCOc2no[n+]([O-])c2S(=O)(=O)c2ccccc2)c2cc(F)ccc2/C1=C\c1ccc(S(C)(=O)=O)cc1. The Kier molecular flexibility index (Phi) is 9.88. The number of carbonyl (C=O) groups excluding carboxylic acids is 1. The van der Waals surface area contributed by atoms with Gasteiger partial charge in [0.2, 0.25) is 0 Å². The fourth-order valence-electron chi connectivity index (χ4n) is 4.91. The molecular formula is C32H29FN2O10S2. The maximum atomic E-state index is 14.2. The van der Waals surface area contributed by atoms with E-state index in [2.05, 4.69) is 9.79 Å². The topological polar surface area (TPSA) is 166 Å². The van der Waals surface area contributed by atoms with Crippen molar-refractivity contribution in [2.45, 2.75) is 28.2 Å². The minimum absolute atomic E-state index is 0.0114. The van der Waals surface area contributed by atoms with E-state index in [0.29, 0.717) is 11.1 Å². The summed E-state index contributed by atoms with van der Waals surface area (Å²) in [5.74, 6) is -1.54. The molecular weight excluding hydrogens is 655 g/mol. The number of nitrogens with zero attached hydrogens (tertiary/aromatic N) is 2. The van der Waals surface area contributed by atoms with Gasteiger partial charge in [0.15, 0.2) is 9.84 Å². The Balaban J connectivity index is 1.15. The Bertz CT molecular complexity index is 2070. The lowest BCUT2D eigenvalue weighted by Crippen LogP contribution is -2.31. The average molecular weight is 685 g/mol. The summed E-state index contributed by atoms with van der Waals surface area (Å²) in [5, 5.41) is 14.6. The normalized spacial score (nSPS) is 14.0. The second-order valence-corrected chi connectivity index (χ2v) is 14.3. The van der Waals surface area contributed by atoms with E-state index >= 15 is 0 Å². The van der Waals surface area contributed by atoms with Crippen LogP contribution in [0.5, 0.6) is 5.88 Å². The molecule has 0 saturated heterocycles. The van der Waals surface area contributed by atoms with Crippen LogP contribution < -0.4 is 9.64 Å². The van der Waals surface area contributed by atoms with E-state index in [1.807, 2.05) is 13.0 Å². The number of carbonyl (C=O) groups is 1. The fraction of sp³-hybridized carbons (Fsp3) is 0.219. The van der Waals surface area contributed by atoms with Crippen LogP contribution in [-0.4, -0.2) is 60.6 Å². The summed E-state index contributed by atoms with van der Waals surface area (Å²) in [5.41, 5.74) is 4.15. The molecule has 0 aliphatic heterocycles. The second kappa shape index (κ2) is 13.9. The maximum Gasteiger partial charge on any atom is 0.415 e. The summed E-state index contributed by atoms with van der Waals surface area (Å²) < 4.78 is 83.9. The van der Waals surface area contributed by atoms with Gasteiger partial charge in [-0.15, -0.1) is 0 Å². The van der Waals surface area contributed by atoms with Crippen LogP contribution in [0.15, 0.2) is 97.8 Å². The van der Waals surface area contributed by atoms with Gasteiger partial charge < -0.3 is 19.4 Å². The highest BCUT2D eigenvalue weighted by Gasteiger charge is 2.35. The van der Waals surface area contributed by atoms with Gasteiger partial charge in [0.05, 0.1) is 34.6 Å². The van der Waals surface area contributed by atoms with Crippen LogP contribution >= 0.6 is 0 Å². The number of halogens is 1. The van der Waals surface area contributed by atoms with Crippen molar-refractivity contribution < 1.29 is 49.8 Å². The van der Waals surface area contributed by atoms with E-state index in [1.165, 1.54) is 48.5 Å². The van der Waals surface area contributed by atoms with Crippen molar-refractivity contribution in [1.82, 2.24) is 5.16 Å². The zero-order chi connectivity index (χ0) is 33.8. The number of sulfone groups is 2. The van der Waals surface area contributed by atoms with E-state index in [9.17, 15) is 31.2 Å². The quantitative estimate of drug-likeness (QED) is 0.113. The van der Waals surface area contributed by atoms with Crippen LogP contribution in [0.2, 0.25) is 0 Å². The van der Waals surface area contributed by atoms with E-state index in [1.54, 1.807) is 24.3 Å². The van der Waals surface area contributed by atoms with Crippen molar-refractivity contribution in [1.29, 1.82) is 0 Å². The second-order valence-electron chi connectivity index (χ2n) is 10.4. The van der Waals surface area contributed by atoms with Gasteiger partial charge in [-0.05, 0) is 87.7 Å². The molecule has 0 fully saturated rings. The molecule has 4 aromatic rings. The Morgan fingerprint density at radius 1 is 0.936 bits per heavy atom. The number of fused-ring (bicyclic) bond motifs is 1. The van der Waals surface area contributed by atoms with Gasteiger partial charge in [0, 0.05) is 6.26 Å². The highest BCUT2D eigenvalue weighted by atomic mass is 32.2. The molecule has 12 nitrogen and oxygen atoms in total. The fourth-order valence-corrected chi connectivity index (χ4v) is 6.83. The van der Waals surface area contributed by atoms with Crippen molar-refractivity contribution in [2.75, 3.05) is 32.7 Å². The Hall–Kier alpha value is -4.86. The first kappa shape index (κ1) is 33.5. The van der Waals surface area contributed by atoms with Crippen molar-refractivity contribution in [2.24, 2.45) is 0 Å². The van der Waals surface area contributed by atoms with Crippen LogP contribution in [0.1, 0.15) is 30.0 Å². The molecule has 5 rings (SSSR count). The third-order valence-corrected chi connectivity index (χ3v) is 10.1. The molecule has 0 saturated carbocycles. The van der Waals surface area contributed by atoms with Crippen molar-refractivity contribution in [3.05, 3.63) is 106 Å². The zero-order valence-electron chi connectivity index (χ0n) is 25.2. The predicted octanol–water partition coefficient (Wildman–Crippen LogP) is 4.04. The molecule has 0 spiro atoms. The van der Waals surface area contributed by atoms with Crippen molar-refractivity contribution in [3.8, 4) is 5.88 Å². The van der Waals surface area contributed by atoms with Crippen molar-refractivity contribution >= 4 is 42.9 Å². The molecule has 0 bridgehead atoms. The third-order valence-electron chi connectivity index (χ3n) is 7.21. The molecule has 1 heterocycles. The van der Waals surface area contributed by atoms with Crippen LogP contribution in [0.3, 0.4) is 0 Å². The number of benzene rings is 3. The van der Waals surface area contributed by atoms with Gasteiger partial charge in [-0.2, -0.15) is 0 Å². The number of hydrogen-bond donors (Lipinski definition) is 0. The van der Waals surface area contributed by atoms with Gasteiger partial charge >= 0.3 is 16.9 Å². The summed E-state index contributed by atoms with van der Waals surface area (Å²) in [7, 11) is -7.61. The lowest BCUT2D eigenvalue weighted by atomic mass is 10.0. The first-order chi connectivity index (χ1) is 22.4. The molecule has 47 heavy (non-hydrogen) atoms. The van der Waals surface area contributed by atoms with E-state index in [4.69, 9.17) is 14.2 Å². The molecule has 3 aromatic carbocycles. The number of esters is 1. The summed E-state index contributed by atoms with van der Waals surface area (Å²) in [4.78, 5) is 12.6. The number of rotatable bonds is 13. The van der Waals surface area contributed by atoms with Crippen LogP contribution in [-0.2, 0) is 33.9 Å². The monoisotopic (exact) mass is 684 g/mol. The molecule has 0 unspecified atom stereocenters. The van der Waals surface area contributed by atoms with Crippen LogP contribution in [0, 0.1) is 11.0 Å². The highest BCUT2D eigenvalue weighted by Crippen LogP contribution is 2.44. The molecule has 1 aliphatic carbocycles. The number of allylic oxidation sites excluding steroid dienone is 2. The lowest BCUT2D eigenvalue weighted by molar-refractivity contribution is -0.832. The van der Waals surface area contributed by atoms with Gasteiger partial charge in [0.1, 0.15) is 19.0 Å². The summed E-state index contributed by atoms with van der Waals surface area (Å²) in [6, 6.07) is 18.0. The summed E-state index contributed by atoms with van der Waals surface area (Å²) >= 11 is 0. The largest absolute Gasteiger partial charge is 0.463 e. The number of hydrogen-bond acceptors (Lipinski definition) is 11. The van der Waals surface area contributed by atoms with Gasteiger partial charge in [-0.25, -0.2) is 21.2 Å². The third kappa shape index (κ3) is 7.59. The predicted molar refractivity (Wildman–Crippen MR) is 166 cm³/mol. The van der Waals surface area contributed by atoms with E-state index < -0.39 is 42.4 Å². The van der Waals surface area contributed by atoms with Crippen LogP contribution in [0.25, 0.3) is 17.2 Å². The van der Waals surface area contributed by atoms with E-state index in [0.717, 1.165) is 28.5 Å². The van der Waals surface area contributed by atoms with Gasteiger partial charge in [-0.1, -0.05) is 36.4 Å². The Morgan fingerprint density at radius 2 is 1.64 bits per heavy atom. The van der Waals surface area contributed by atoms with Gasteiger partial charge in [-0.3, -0.25) is 9.42 Å². The maximum absolute atomic E-state index is 14.2. The zero-order valence-corrected chi connectivity index (χ0v) is 26.8.